The van der Waals surface area contributed by atoms with Gasteiger partial charge in [0.05, 0.1) is 18.2 Å². The lowest BCUT2D eigenvalue weighted by molar-refractivity contribution is -0.255. The van der Waals surface area contributed by atoms with Crippen molar-refractivity contribution in [3.8, 4) is 11.5 Å². The maximum Gasteiger partial charge on any atom is 0.410 e. The van der Waals surface area contributed by atoms with Gasteiger partial charge in [0.1, 0.15) is 43.2 Å². The van der Waals surface area contributed by atoms with E-state index in [9.17, 15) is 19.4 Å². The van der Waals surface area contributed by atoms with E-state index in [0.29, 0.717) is 48.6 Å². The Labute approximate surface area is 371 Å². The molecule has 0 aromatic heterocycles. The molecule has 1 amide bonds. The highest BCUT2D eigenvalue weighted by Crippen LogP contribution is 2.62. The van der Waals surface area contributed by atoms with Crippen LogP contribution in [-0.2, 0) is 34.1 Å². The van der Waals surface area contributed by atoms with Gasteiger partial charge in [-0.3, -0.25) is 4.90 Å². The van der Waals surface area contributed by atoms with E-state index in [2.05, 4.69) is 12.7 Å². The zero-order valence-electron chi connectivity index (χ0n) is 36.3. The first-order chi connectivity index (χ1) is 30.9. The van der Waals surface area contributed by atoms with Crippen molar-refractivity contribution in [3.63, 3.8) is 0 Å². The normalized spacial score (nSPS) is 22.8. The standard InChI is InChI=1S/C52H61FN2O8/c1-3-27-55(51(58)60-34-37-17-7-5-8-18-37)48-33-46(54-62-35-38-19-9-6-10-20-38)43-31-39(21-13-15-28-56)42(23-14-16-29-57)49-44-32-41(59-36-40-22-11-12-24-45(40)53)25-26-47(44)63-52(48,50(43)49)61-30-4-2/h4-12,17-20,22,24-26,31-32,39,42,48-50,56-57H,2-3,13-16,21,23,27-30,33-36H2,1H3. The molecule has 1 aliphatic heterocycles. The first-order valence-corrected chi connectivity index (χ1v) is 22.5. The Morgan fingerprint density at radius 1 is 0.905 bits per heavy atom. The number of aliphatic hydroxyl groups excluding tert-OH is 2. The monoisotopic (exact) mass is 860 g/mol. The molecule has 0 radical (unpaired) electrons. The number of hydrogen-bond donors (Lipinski definition) is 2. The van der Waals surface area contributed by atoms with E-state index in [4.69, 9.17) is 28.9 Å². The predicted octanol–water partition coefficient (Wildman–Crippen LogP) is 10.3. The fourth-order valence-corrected chi connectivity index (χ4v) is 9.69. The van der Waals surface area contributed by atoms with E-state index in [1.165, 1.54) is 6.07 Å². The van der Waals surface area contributed by atoms with Crippen LogP contribution in [0.4, 0.5) is 9.18 Å². The molecule has 2 aliphatic carbocycles. The first kappa shape index (κ1) is 45.5. The van der Waals surface area contributed by atoms with Crippen LogP contribution in [0, 0.1) is 23.6 Å². The van der Waals surface area contributed by atoms with Crippen molar-refractivity contribution in [1.29, 1.82) is 0 Å². The molecule has 0 bridgehead atoms. The summed E-state index contributed by atoms with van der Waals surface area (Å²) in [6, 6.07) is 31.1. The summed E-state index contributed by atoms with van der Waals surface area (Å²) >= 11 is 0. The quantitative estimate of drug-likeness (QED) is 0.0456. The average molecular weight is 861 g/mol. The van der Waals surface area contributed by atoms with Crippen LogP contribution in [0.1, 0.15) is 86.5 Å². The Hall–Kier alpha value is -5.49. The molecule has 11 heteroatoms. The molecule has 1 saturated carbocycles. The first-order valence-electron chi connectivity index (χ1n) is 22.5. The molecule has 0 saturated heterocycles. The van der Waals surface area contributed by atoms with Gasteiger partial charge in [0.25, 0.3) is 0 Å². The smallest absolute Gasteiger partial charge is 0.410 e. The van der Waals surface area contributed by atoms with Crippen molar-refractivity contribution in [2.45, 2.75) is 95.9 Å². The van der Waals surface area contributed by atoms with Crippen LogP contribution in [0.5, 0.6) is 11.5 Å². The van der Waals surface area contributed by atoms with Gasteiger partial charge in [-0.1, -0.05) is 116 Å². The number of rotatable bonds is 22. The molecule has 1 fully saturated rings. The highest BCUT2D eigenvalue weighted by Gasteiger charge is 2.65. The molecule has 0 spiro atoms. The van der Waals surface area contributed by atoms with E-state index < -0.39 is 23.8 Å². The summed E-state index contributed by atoms with van der Waals surface area (Å²) in [7, 11) is 0. The number of carbonyl (C=O) groups excluding carboxylic acids is 1. The summed E-state index contributed by atoms with van der Waals surface area (Å²) in [6.07, 6.45) is 8.90. The Bertz CT molecular complexity index is 2170. The molecule has 10 nitrogen and oxygen atoms in total. The van der Waals surface area contributed by atoms with Crippen LogP contribution in [0.3, 0.4) is 0 Å². The van der Waals surface area contributed by atoms with Gasteiger partial charge in [0, 0.05) is 43.2 Å². The minimum absolute atomic E-state index is 0.0232. The molecule has 4 aromatic carbocycles. The summed E-state index contributed by atoms with van der Waals surface area (Å²) < 4.78 is 41.6. The van der Waals surface area contributed by atoms with Crippen molar-refractivity contribution < 1.29 is 43.2 Å². The van der Waals surface area contributed by atoms with Gasteiger partial charge in [-0.05, 0) is 84.9 Å². The summed E-state index contributed by atoms with van der Waals surface area (Å²) in [5, 5.41) is 24.8. The third-order valence-electron chi connectivity index (χ3n) is 12.5. The van der Waals surface area contributed by atoms with E-state index in [-0.39, 0.29) is 69.6 Å². The van der Waals surface area contributed by atoms with E-state index in [1.54, 1.807) is 29.2 Å². The molecular formula is C52H61FN2O8. The molecule has 63 heavy (non-hydrogen) atoms. The van der Waals surface area contributed by atoms with E-state index in [0.717, 1.165) is 47.9 Å². The number of unbranched alkanes of at least 4 members (excludes halogenated alkanes) is 2. The van der Waals surface area contributed by atoms with Gasteiger partial charge in [-0.15, -0.1) is 6.58 Å². The van der Waals surface area contributed by atoms with E-state index >= 15 is 0 Å². The second-order valence-electron chi connectivity index (χ2n) is 16.6. The van der Waals surface area contributed by atoms with Crippen LogP contribution < -0.4 is 9.47 Å². The number of nitrogens with zero attached hydrogens (tertiary/aromatic N) is 2. The summed E-state index contributed by atoms with van der Waals surface area (Å²) in [5.41, 5.74) is 4.81. The molecule has 3 aliphatic rings. The van der Waals surface area contributed by atoms with Crippen molar-refractivity contribution in [3.05, 3.63) is 156 Å². The number of hydrogen-bond acceptors (Lipinski definition) is 9. The van der Waals surface area contributed by atoms with Crippen LogP contribution in [0.25, 0.3) is 0 Å². The zero-order chi connectivity index (χ0) is 44.0. The fraction of sp³-hybridized carbons (Fsp3) is 0.423. The second-order valence-corrected chi connectivity index (χ2v) is 16.6. The molecule has 7 rings (SSSR count). The molecular weight excluding hydrogens is 800 g/mol. The maximum atomic E-state index is 14.8. The second kappa shape index (κ2) is 22.2. The number of carbonyl (C=O) groups is 1. The molecule has 334 valence electrons. The minimum atomic E-state index is -1.43. The van der Waals surface area contributed by atoms with Crippen LogP contribution >= 0.6 is 0 Å². The van der Waals surface area contributed by atoms with Gasteiger partial charge in [-0.25, -0.2) is 9.18 Å². The lowest BCUT2D eigenvalue weighted by atomic mass is 9.55. The number of aliphatic hydroxyl groups is 2. The number of halogens is 1. The van der Waals surface area contributed by atoms with Crippen molar-refractivity contribution in [2.24, 2.45) is 22.9 Å². The third kappa shape index (κ3) is 10.7. The highest BCUT2D eigenvalue weighted by atomic mass is 19.1. The largest absolute Gasteiger partial charge is 0.489 e. The lowest BCUT2D eigenvalue weighted by Crippen LogP contribution is -2.70. The predicted molar refractivity (Wildman–Crippen MR) is 241 cm³/mol. The molecule has 1 heterocycles. The SMILES string of the molecule is C=CCOC12Oc3ccc(OCc4ccccc4F)cc3C3C(CCCCO)C(CCCCO)C=C(C(=NOCc4ccccc4)CC1N(CCC)C(=O)OCc1ccccc1)C32. The molecule has 6 unspecified atom stereocenters. The number of amides is 1. The van der Waals surface area contributed by atoms with Crippen molar-refractivity contribution in [1.82, 2.24) is 4.90 Å². The summed E-state index contributed by atoms with van der Waals surface area (Å²) in [5.74, 6) is -1.29. The van der Waals surface area contributed by atoms with Crippen LogP contribution in [0.2, 0.25) is 0 Å². The summed E-state index contributed by atoms with van der Waals surface area (Å²) in [4.78, 5) is 22.5. The van der Waals surface area contributed by atoms with Gasteiger partial charge >= 0.3 is 6.09 Å². The van der Waals surface area contributed by atoms with E-state index in [1.807, 2.05) is 85.8 Å². The van der Waals surface area contributed by atoms with Gasteiger partial charge in [0.15, 0.2) is 0 Å². The number of fused-ring (bicyclic) bond motifs is 2. The molecule has 2 N–H and O–H groups in total. The number of benzene rings is 4. The van der Waals surface area contributed by atoms with Gasteiger partial charge in [-0.2, -0.15) is 0 Å². The van der Waals surface area contributed by atoms with Gasteiger partial charge < -0.3 is 34.0 Å². The fourth-order valence-electron chi connectivity index (χ4n) is 9.69. The average Bonchev–Trinajstić information content (AvgIpc) is 3.31. The van der Waals surface area contributed by atoms with Crippen LogP contribution in [-0.4, -0.2) is 65.1 Å². The number of ether oxygens (including phenoxy) is 4. The minimum Gasteiger partial charge on any atom is -0.489 e. The Morgan fingerprint density at radius 3 is 2.30 bits per heavy atom. The summed E-state index contributed by atoms with van der Waals surface area (Å²) in [6.45, 7) is 7.10. The number of oxime groups is 1. The Balaban J connectivity index is 1.39. The topological polar surface area (TPSA) is 119 Å². The Kier molecular flexibility index (Phi) is 16.1. The number of allylic oxidation sites excluding steroid dienone is 1. The highest BCUT2D eigenvalue weighted by molar-refractivity contribution is 6.03. The van der Waals surface area contributed by atoms with Crippen molar-refractivity contribution in [2.75, 3.05) is 26.4 Å². The zero-order valence-corrected chi connectivity index (χ0v) is 36.3. The maximum absolute atomic E-state index is 14.8. The van der Waals surface area contributed by atoms with Crippen molar-refractivity contribution >= 4 is 11.8 Å². The molecule has 4 aromatic rings. The molecule has 6 atom stereocenters. The Morgan fingerprint density at radius 2 is 1.60 bits per heavy atom. The third-order valence-corrected chi connectivity index (χ3v) is 12.5. The lowest BCUT2D eigenvalue weighted by Gasteiger charge is -2.59. The van der Waals surface area contributed by atoms with Crippen LogP contribution in [0.15, 0.2) is 133 Å². The van der Waals surface area contributed by atoms with Gasteiger partial charge in [0.2, 0.25) is 5.79 Å².